The lowest BCUT2D eigenvalue weighted by Crippen LogP contribution is -2.12. The largest absolute Gasteiger partial charge is 0.497 e. The van der Waals surface area contributed by atoms with Gasteiger partial charge in [-0.05, 0) is 59.2 Å². The van der Waals surface area contributed by atoms with Crippen LogP contribution in [-0.2, 0) is 13.1 Å². The van der Waals surface area contributed by atoms with Crippen LogP contribution in [0.3, 0.4) is 0 Å². The molecule has 0 saturated heterocycles. The van der Waals surface area contributed by atoms with E-state index in [0.29, 0.717) is 6.61 Å². The van der Waals surface area contributed by atoms with Crippen molar-refractivity contribution in [2.24, 2.45) is 0 Å². The van der Waals surface area contributed by atoms with Crippen LogP contribution in [0, 0.1) is 0 Å². The van der Waals surface area contributed by atoms with Crippen molar-refractivity contribution in [3.63, 3.8) is 0 Å². The van der Waals surface area contributed by atoms with Gasteiger partial charge in [-0.2, -0.15) is 0 Å². The maximum Gasteiger partial charge on any atom is 0.161 e. The lowest BCUT2D eigenvalue weighted by atomic mass is 10.1. The molecule has 0 aliphatic heterocycles. The predicted octanol–water partition coefficient (Wildman–Crippen LogP) is 4.55. The molecule has 0 saturated carbocycles. The molecule has 0 aliphatic carbocycles. The quantitative estimate of drug-likeness (QED) is 0.646. The Morgan fingerprint density at radius 2 is 1.42 bits per heavy atom. The van der Waals surface area contributed by atoms with Gasteiger partial charge in [-0.1, -0.05) is 24.3 Å². The summed E-state index contributed by atoms with van der Waals surface area (Å²) in [6.45, 7) is 4.16. The van der Waals surface area contributed by atoms with Crippen molar-refractivity contribution in [2.45, 2.75) is 20.0 Å². The maximum absolute atomic E-state index is 5.64. The van der Waals surface area contributed by atoms with E-state index < -0.39 is 0 Å². The predicted molar refractivity (Wildman–Crippen MR) is 105 cm³/mol. The topological polar surface area (TPSA) is 39.7 Å². The van der Waals surface area contributed by atoms with Crippen LogP contribution < -0.4 is 19.5 Å². The van der Waals surface area contributed by atoms with Crippen LogP contribution in [-0.4, -0.2) is 20.8 Å². The molecule has 0 amide bonds. The van der Waals surface area contributed by atoms with Crippen molar-refractivity contribution in [1.29, 1.82) is 0 Å². The third kappa shape index (κ3) is 4.27. The van der Waals surface area contributed by atoms with Gasteiger partial charge in [-0.15, -0.1) is 0 Å². The van der Waals surface area contributed by atoms with Gasteiger partial charge in [-0.3, -0.25) is 0 Å². The molecular formula is C22H25NO3. The molecule has 0 aliphatic rings. The molecule has 4 heteroatoms. The second-order valence-corrected chi connectivity index (χ2v) is 6.07. The molecule has 0 heterocycles. The number of fused-ring (bicyclic) bond motifs is 1. The average Bonchev–Trinajstić information content (AvgIpc) is 2.68. The molecule has 0 unspecified atom stereocenters. The van der Waals surface area contributed by atoms with Crippen molar-refractivity contribution in [1.82, 2.24) is 5.32 Å². The van der Waals surface area contributed by atoms with E-state index in [4.69, 9.17) is 14.2 Å². The summed E-state index contributed by atoms with van der Waals surface area (Å²) in [5.74, 6) is 2.43. The normalized spacial score (nSPS) is 10.7. The van der Waals surface area contributed by atoms with Crippen molar-refractivity contribution in [3.8, 4) is 17.2 Å². The number of rotatable bonds is 8. The van der Waals surface area contributed by atoms with Crippen LogP contribution in [0.5, 0.6) is 17.2 Å². The maximum atomic E-state index is 5.64. The molecule has 0 fully saturated rings. The Bertz CT molecular complexity index is 876. The number of hydrogen-bond donors (Lipinski definition) is 1. The van der Waals surface area contributed by atoms with Gasteiger partial charge >= 0.3 is 0 Å². The van der Waals surface area contributed by atoms with Crippen LogP contribution in [0.25, 0.3) is 10.8 Å². The Morgan fingerprint density at radius 1 is 0.731 bits per heavy atom. The molecule has 0 spiro atoms. The molecule has 0 aromatic heterocycles. The lowest BCUT2D eigenvalue weighted by molar-refractivity contribution is 0.310. The fraction of sp³-hybridized carbons (Fsp3) is 0.273. The van der Waals surface area contributed by atoms with E-state index in [0.717, 1.165) is 30.3 Å². The van der Waals surface area contributed by atoms with E-state index in [2.05, 4.69) is 41.7 Å². The zero-order valence-corrected chi connectivity index (χ0v) is 15.5. The molecule has 136 valence electrons. The summed E-state index contributed by atoms with van der Waals surface area (Å²) in [4.78, 5) is 0. The number of benzene rings is 3. The van der Waals surface area contributed by atoms with Gasteiger partial charge in [0.05, 0.1) is 20.8 Å². The monoisotopic (exact) mass is 351 g/mol. The van der Waals surface area contributed by atoms with E-state index in [-0.39, 0.29) is 0 Å². The van der Waals surface area contributed by atoms with Gasteiger partial charge in [-0.25, -0.2) is 0 Å². The molecule has 3 aromatic rings. The summed E-state index contributed by atoms with van der Waals surface area (Å²) >= 11 is 0. The minimum atomic E-state index is 0.620. The van der Waals surface area contributed by atoms with Gasteiger partial charge in [0.1, 0.15) is 5.75 Å². The Balaban J connectivity index is 1.64. The summed E-state index contributed by atoms with van der Waals surface area (Å²) in [5.41, 5.74) is 2.42. The number of hydrogen-bond acceptors (Lipinski definition) is 4. The van der Waals surface area contributed by atoms with Gasteiger partial charge < -0.3 is 19.5 Å². The van der Waals surface area contributed by atoms with Crippen LogP contribution in [0.4, 0.5) is 0 Å². The SMILES string of the molecule is CCOc1cc(CNCc2ccc3cc(OC)ccc3c2)ccc1OC. The third-order valence-electron chi connectivity index (χ3n) is 4.30. The summed E-state index contributed by atoms with van der Waals surface area (Å²) in [5, 5.41) is 5.89. The summed E-state index contributed by atoms with van der Waals surface area (Å²) in [6.07, 6.45) is 0. The van der Waals surface area contributed by atoms with Gasteiger partial charge in [0.2, 0.25) is 0 Å². The van der Waals surface area contributed by atoms with Crippen molar-refractivity contribution in [3.05, 3.63) is 65.7 Å². The highest BCUT2D eigenvalue weighted by atomic mass is 16.5. The highest BCUT2D eigenvalue weighted by molar-refractivity contribution is 5.84. The number of ether oxygens (including phenoxy) is 3. The Hall–Kier alpha value is -2.72. The first-order chi connectivity index (χ1) is 12.7. The van der Waals surface area contributed by atoms with Crippen LogP contribution in [0.1, 0.15) is 18.1 Å². The molecule has 3 aromatic carbocycles. The molecule has 26 heavy (non-hydrogen) atoms. The molecule has 4 nitrogen and oxygen atoms in total. The molecule has 0 bridgehead atoms. The van der Waals surface area contributed by atoms with Crippen LogP contribution in [0.2, 0.25) is 0 Å². The lowest BCUT2D eigenvalue weighted by Gasteiger charge is -2.12. The van der Waals surface area contributed by atoms with Crippen LogP contribution >= 0.6 is 0 Å². The van der Waals surface area contributed by atoms with Crippen molar-refractivity contribution < 1.29 is 14.2 Å². The molecule has 3 rings (SSSR count). The summed E-state index contributed by atoms with van der Waals surface area (Å²) in [7, 11) is 3.35. The van der Waals surface area contributed by atoms with E-state index in [1.165, 1.54) is 21.9 Å². The van der Waals surface area contributed by atoms with Crippen LogP contribution in [0.15, 0.2) is 54.6 Å². The molecule has 1 N–H and O–H groups in total. The number of methoxy groups -OCH3 is 2. The first kappa shape index (κ1) is 18.1. The minimum Gasteiger partial charge on any atom is -0.497 e. The first-order valence-corrected chi connectivity index (χ1v) is 8.80. The second-order valence-electron chi connectivity index (χ2n) is 6.07. The van der Waals surface area contributed by atoms with E-state index >= 15 is 0 Å². The van der Waals surface area contributed by atoms with Gasteiger partial charge in [0, 0.05) is 13.1 Å². The van der Waals surface area contributed by atoms with E-state index in [9.17, 15) is 0 Å². The summed E-state index contributed by atoms with van der Waals surface area (Å²) in [6, 6.07) is 18.7. The number of nitrogens with one attached hydrogen (secondary N) is 1. The Labute approximate surface area is 154 Å². The van der Waals surface area contributed by atoms with E-state index in [1.54, 1.807) is 14.2 Å². The Kier molecular flexibility index (Phi) is 5.97. The molecular weight excluding hydrogens is 326 g/mol. The minimum absolute atomic E-state index is 0.620. The van der Waals surface area contributed by atoms with Crippen molar-refractivity contribution >= 4 is 10.8 Å². The average molecular weight is 351 g/mol. The fourth-order valence-electron chi connectivity index (χ4n) is 2.96. The van der Waals surface area contributed by atoms with E-state index in [1.807, 2.05) is 25.1 Å². The zero-order valence-electron chi connectivity index (χ0n) is 15.5. The zero-order chi connectivity index (χ0) is 18.4. The second kappa shape index (κ2) is 8.59. The Morgan fingerprint density at radius 3 is 2.15 bits per heavy atom. The van der Waals surface area contributed by atoms with Gasteiger partial charge in [0.25, 0.3) is 0 Å². The highest BCUT2D eigenvalue weighted by Crippen LogP contribution is 2.28. The molecule has 0 atom stereocenters. The van der Waals surface area contributed by atoms with Crippen molar-refractivity contribution in [2.75, 3.05) is 20.8 Å². The third-order valence-corrected chi connectivity index (χ3v) is 4.30. The standard InChI is InChI=1S/C22H25NO3/c1-4-26-22-12-17(6-10-21(22)25-3)15-23-14-16-5-7-19-13-20(24-2)9-8-18(19)11-16/h5-13,23H,4,14-15H2,1-3H3. The smallest absolute Gasteiger partial charge is 0.161 e. The fourth-order valence-corrected chi connectivity index (χ4v) is 2.96. The highest BCUT2D eigenvalue weighted by Gasteiger charge is 2.05. The summed E-state index contributed by atoms with van der Waals surface area (Å²) < 4.78 is 16.2. The van der Waals surface area contributed by atoms with Gasteiger partial charge in [0.15, 0.2) is 11.5 Å². The first-order valence-electron chi connectivity index (χ1n) is 8.80. The molecule has 0 radical (unpaired) electrons.